The lowest BCUT2D eigenvalue weighted by Crippen LogP contribution is -2.29. The fourth-order valence-corrected chi connectivity index (χ4v) is 2.03. The normalized spacial score (nSPS) is 15.2. The SMILES string of the molecule is CCCC(C)(CN)Cc1cnn(CC)c1. The van der Waals surface area contributed by atoms with E-state index in [2.05, 4.69) is 32.1 Å². The monoisotopic (exact) mass is 209 g/mol. The molecule has 0 fully saturated rings. The molecule has 1 atom stereocenters. The minimum atomic E-state index is 0.232. The standard InChI is InChI=1S/C12H23N3/c1-4-6-12(3,10-13)7-11-8-14-15(5-2)9-11/h8-9H,4-7,10,13H2,1-3H3. The Morgan fingerprint density at radius 3 is 2.67 bits per heavy atom. The molecule has 1 heterocycles. The molecule has 0 aliphatic carbocycles. The molecule has 15 heavy (non-hydrogen) atoms. The fourth-order valence-electron chi connectivity index (χ4n) is 2.03. The molecule has 0 bridgehead atoms. The summed E-state index contributed by atoms with van der Waals surface area (Å²) < 4.78 is 1.97. The molecular formula is C12H23N3. The molecule has 2 N–H and O–H groups in total. The number of aryl methyl sites for hydroxylation is 1. The van der Waals surface area contributed by atoms with Crippen molar-refractivity contribution in [1.29, 1.82) is 0 Å². The number of nitrogens with two attached hydrogens (primary N) is 1. The second kappa shape index (κ2) is 5.31. The van der Waals surface area contributed by atoms with Gasteiger partial charge < -0.3 is 5.73 Å². The van der Waals surface area contributed by atoms with Gasteiger partial charge in [-0.2, -0.15) is 5.10 Å². The Hall–Kier alpha value is -0.830. The fraction of sp³-hybridized carbons (Fsp3) is 0.750. The third-order valence-corrected chi connectivity index (χ3v) is 2.99. The summed E-state index contributed by atoms with van der Waals surface area (Å²) in [5.41, 5.74) is 7.39. The van der Waals surface area contributed by atoms with Crippen LogP contribution in [0.5, 0.6) is 0 Å². The zero-order chi connectivity index (χ0) is 11.3. The molecule has 0 aliphatic heterocycles. The summed E-state index contributed by atoms with van der Waals surface area (Å²) in [6, 6.07) is 0. The molecule has 1 unspecified atom stereocenters. The molecule has 0 aromatic carbocycles. The van der Waals surface area contributed by atoms with Gasteiger partial charge in [0.1, 0.15) is 0 Å². The van der Waals surface area contributed by atoms with E-state index in [9.17, 15) is 0 Å². The van der Waals surface area contributed by atoms with Gasteiger partial charge in [0, 0.05) is 12.7 Å². The van der Waals surface area contributed by atoms with Crippen LogP contribution in [0.1, 0.15) is 39.2 Å². The Morgan fingerprint density at radius 1 is 1.47 bits per heavy atom. The van der Waals surface area contributed by atoms with Crippen LogP contribution in [0.15, 0.2) is 12.4 Å². The molecule has 0 saturated heterocycles. The van der Waals surface area contributed by atoms with E-state index < -0.39 is 0 Å². The molecule has 0 saturated carbocycles. The minimum absolute atomic E-state index is 0.232. The number of nitrogens with zero attached hydrogens (tertiary/aromatic N) is 2. The van der Waals surface area contributed by atoms with E-state index in [1.807, 2.05) is 10.9 Å². The van der Waals surface area contributed by atoms with Crippen LogP contribution < -0.4 is 5.73 Å². The van der Waals surface area contributed by atoms with Gasteiger partial charge in [-0.1, -0.05) is 20.3 Å². The van der Waals surface area contributed by atoms with Gasteiger partial charge in [-0.25, -0.2) is 0 Å². The minimum Gasteiger partial charge on any atom is -0.330 e. The van der Waals surface area contributed by atoms with Gasteiger partial charge >= 0.3 is 0 Å². The maximum absolute atomic E-state index is 5.85. The first-order valence-electron chi connectivity index (χ1n) is 5.85. The molecule has 1 rings (SSSR count). The van der Waals surface area contributed by atoms with E-state index in [0.717, 1.165) is 19.5 Å². The summed E-state index contributed by atoms with van der Waals surface area (Å²) in [6.07, 6.45) is 7.50. The molecule has 1 aromatic heterocycles. The van der Waals surface area contributed by atoms with Crippen LogP contribution >= 0.6 is 0 Å². The Balaban J connectivity index is 2.65. The van der Waals surface area contributed by atoms with Crippen molar-refractivity contribution in [2.75, 3.05) is 6.54 Å². The summed E-state index contributed by atoms with van der Waals surface area (Å²) in [4.78, 5) is 0. The highest BCUT2D eigenvalue weighted by atomic mass is 15.3. The van der Waals surface area contributed by atoms with Crippen molar-refractivity contribution >= 4 is 0 Å². The van der Waals surface area contributed by atoms with Crippen LogP contribution in [0.2, 0.25) is 0 Å². The summed E-state index contributed by atoms with van der Waals surface area (Å²) in [5, 5.41) is 4.29. The molecule has 1 aromatic rings. The van der Waals surface area contributed by atoms with E-state index in [1.165, 1.54) is 18.4 Å². The van der Waals surface area contributed by atoms with Crippen LogP contribution in [-0.2, 0) is 13.0 Å². The summed E-state index contributed by atoms with van der Waals surface area (Å²) in [7, 11) is 0. The van der Waals surface area contributed by atoms with Crippen LogP contribution in [-0.4, -0.2) is 16.3 Å². The number of aromatic nitrogens is 2. The number of rotatable bonds is 6. The Morgan fingerprint density at radius 2 is 2.20 bits per heavy atom. The molecular weight excluding hydrogens is 186 g/mol. The van der Waals surface area contributed by atoms with E-state index in [0.29, 0.717) is 0 Å². The maximum Gasteiger partial charge on any atom is 0.0521 e. The Bertz CT molecular complexity index is 293. The molecule has 3 nitrogen and oxygen atoms in total. The molecule has 0 amide bonds. The van der Waals surface area contributed by atoms with Crippen molar-refractivity contribution in [3.05, 3.63) is 18.0 Å². The number of hydrogen-bond acceptors (Lipinski definition) is 2. The molecule has 0 spiro atoms. The number of hydrogen-bond donors (Lipinski definition) is 1. The Kier molecular flexibility index (Phi) is 4.33. The highest BCUT2D eigenvalue weighted by Crippen LogP contribution is 2.26. The van der Waals surface area contributed by atoms with Gasteiger partial charge in [0.2, 0.25) is 0 Å². The van der Waals surface area contributed by atoms with Gasteiger partial charge in [0.05, 0.1) is 6.20 Å². The van der Waals surface area contributed by atoms with Gasteiger partial charge in [-0.15, -0.1) is 0 Å². The van der Waals surface area contributed by atoms with Crippen LogP contribution in [0.4, 0.5) is 0 Å². The summed E-state index contributed by atoms with van der Waals surface area (Å²) >= 11 is 0. The van der Waals surface area contributed by atoms with Crippen molar-refractivity contribution in [3.8, 4) is 0 Å². The first-order valence-corrected chi connectivity index (χ1v) is 5.85. The predicted molar refractivity (Wildman–Crippen MR) is 63.7 cm³/mol. The van der Waals surface area contributed by atoms with Gasteiger partial charge in [-0.05, 0) is 37.3 Å². The third-order valence-electron chi connectivity index (χ3n) is 2.99. The molecule has 3 heteroatoms. The molecule has 0 radical (unpaired) electrons. The van der Waals surface area contributed by atoms with Gasteiger partial charge in [0.15, 0.2) is 0 Å². The second-order valence-corrected chi connectivity index (χ2v) is 4.65. The van der Waals surface area contributed by atoms with Crippen molar-refractivity contribution < 1.29 is 0 Å². The zero-order valence-corrected chi connectivity index (χ0v) is 10.2. The van der Waals surface area contributed by atoms with Crippen molar-refractivity contribution in [2.24, 2.45) is 11.1 Å². The maximum atomic E-state index is 5.85. The van der Waals surface area contributed by atoms with Crippen molar-refractivity contribution in [3.63, 3.8) is 0 Å². The lowest BCUT2D eigenvalue weighted by Gasteiger charge is -2.26. The molecule has 0 aliphatic rings. The van der Waals surface area contributed by atoms with Crippen molar-refractivity contribution in [1.82, 2.24) is 9.78 Å². The predicted octanol–water partition coefficient (Wildman–Crippen LogP) is 2.21. The first-order chi connectivity index (χ1) is 7.13. The highest BCUT2D eigenvalue weighted by Gasteiger charge is 2.22. The zero-order valence-electron chi connectivity index (χ0n) is 10.2. The van der Waals surface area contributed by atoms with E-state index in [1.54, 1.807) is 0 Å². The van der Waals surface area contributed by atoms with Gasteiger partial charge in [-0.3, -0.25) is 4.68 Å². The van der Waals surface area contributed by atoms with E-state index >= 15 is 0 Å². The largest absolute Gasteiger partial charge is 0.330 e. The summed E-state index contributed by atoms with van der Waals surface area (Å²) in [6.45, 7) is 8.26. The first kappa shape index (κ1) is 12.2. The lowest BCUT2D eigenvalue weighted by atomic mass is 9.80. The summed E-state index contributed by atoms with van der Waals surface area (Å²) in [5.74, 6) is 0. The highest BCUT2D eigenvalue weighted by molar-refractivity contribution is 5.07. The van der Waals surface area contributed by atoms with Crippen molar-refractivity contribution in [2.45, 2.75) is 46.6 Å². The lowest BCUT2D eigenvalue weighted by molar-refractivity contribution is 0.302. The van der Waals surface area contributed by atoms with Crippen LogP contribution in [0.25, 0.3) is 0 Å². The van der Waals surface area contributed by atoms with Crippen LogP contribution in [0, 0.1) is 5.41 Å². The van der Waals surface area contributed by atoms with E-state index in [-0.39, 0.29) is 5.41 Å². The van der Waals surface area contributed by atoms with Gasteiger partial charge in [0.25, 0.3) is 0 Å². The second-order valence-electron chi connectivity index (χ2n) is 4.65. The average molecular weight is 209 g/mol. The Labute approximate surface area is 92.7 Å². The van der Waals surface area contributed by atoms with Crippen LogP contribution in [0.3, 0.4) is 0 Å². The smallest absolute Gasteiger partial charge is 0.0521 e. The quantitative estimate of drug-likeness (QED) is 0.780. The van der Waals surface area contributed by atoms with E-state index in [4.69, 9.17) is 5.73 Å². The third kappa shape index (κ3) is 3.34. The topological polar surface area (TPSA) is 43.8 Å². The molecule has 86 valence electrons. The average Bonchev–Trinajstić information content (AvgIpc) is 2.66.